The topological polar surface area (TPSA) is 54.4 Å². The Bertz CT molecular complexity index is 226. The molecular formula is C5H4O3S. The molecule has 0 amide bonds. The van der Waals surface area contributed by atoms with Gasteiger partial charge in [-0.2, -0.15) is 0 Å². The molecule has 1 aliphatic rings. The highest BCUT2D eigenvalue weighted by Gasteiger charge is 2.09. The molecule has 0 bridgehead atoms. The maximum absolute atomic E-state index is 10.4. The maximum atomic E-state index is 10.4. The molecular weight excluding hydrogens is 140 g/mol. The quantitative estimate of drug-likeness (QED) is 0.573. The van der Waals surface area contributed by atoms with Crippen LogP contribution in [0.2, 0.25) is 0 Å². The number of aliphatic carboxylic acids is 1. The molecule has 0 spiro atoms. The van der Waals surface area contributed by atoms with E-state index in [1.54, 1.807) is 0 Å². The van der Waals surface area contributed by atoms with Crippen molar-refractivity contribution in [3.63, 3.8) is 0 Å². The summed E-state index contributed by atoms with van der Waals surface area (Å²) in [4.78, 5) is 10.1. The molecule has 0 aromatic rings. The van der Waals surface area contributed by atoms with Crippen LogP contribution in [0.4, 0.5) is 0 Å². The first-order chi connectivity index (χ1) is 4.20. The van der Waals surface area contributed by atoms with E-state index in [0.717, 1.165) is 0 Å². The van der Waals surface area contributed by atoms with Crippen LogP contribution in [0.1, 0.15) is 0 Å². The monoisotopic (exact) mass is 144 g/mol. The Morgan fingerprint density at radius 1 is 1.67 bits per heavy atom. The number of hydrogen-bond donors (Lipinski definition) is 1. The van der Waals surface area contributed by atoms with Gasteiger partial charge in [0.1, 0.15) is 0 Å². The van der Waals surface area contributed by atoms with E-state index in [1.807, 2.05) is 0 Å². The fourth-order valence-electron chi connectivity index (χ4n) is 0.466. The average Bonchev–Trinajstić information content (AvgIpc) is 2.14. The molecule has 0 saturated carbocycles. The Morgan fingerprint density at radius 3 is 2.56 bits per heavy atom. The Labute approximate surface area is 54.1 Å². The zero-order chi connectivity index (χ0) is 6.85. The lowest BCUT2D eigenvalue weighted by molar-refractivity contribution is -0.132. The van der Waals surface area contributed by atoms with Crippen LogP contribution >= 0.6 is 0 Å². The lowest BCUT2D eigenvalue weighted by Gasteiger charge is -1.82. The van der Waals surface area contributed by atoms with Crippen LogP contribution in [-0.2, 0) is 15.6 Å². The fraction of sp³-hybridized carbons (Fsp3) is 0. The van der Waals surface area contributed by atoms with Crippen LogP contribution < -0.4 is 0 Å². The third kappa shape index (κ3) is 1.26. The second-order valence-corrected chi connectivity index (χ2v) is 2.67. The van der Waals surface area contributed by atoms with Gasteiger partial charge in [0, 0.05) is 10.8 Å². The maximum Gasteiger partial charge on any atom is 0.336 e. The SMILES string of the molecule is O=C(O)C1=CS(=O)C=C1. The molecule has 1 heterocycles. The van der Waals surface area contributed by atoms with Crippen molar-refractivity contribution in [3.8, 4) is 0 Å². The molecule has 1 aliphatic heterocycles. The van der Waals surface area contributed by atoms with Crippen LogP contribution in [0.5, 0.6) is 0 Å². The van der Waals surface area contributed by atoms with Crippen LogP contribution in [0.15, 0.2) is 22.5 Å². The second-order valence-electron chi connectivity index (χ2n) is 1.51. The standard InChI is InChI=1S/C5H4O3S/c6-5(7)4-1-2-9(8)3-4/h1-3H,(H,6,7). The van der Waals surface area contributed by atoms with Crippen molar-refractivity contribution in [1.29, 1.82) is 0 Å². The van der Waals surface area contributed by atoms with Crippen molar-refractivity contribution in [2.75, 3.05) is 0 Å². The van der Waals surface area contributed by atoms with Gasteiger partial charge in [0.05, 0.1) is 16.4 Å². The third-order valence-corrected chi connectivity index (χ3v) is 1.76. The molecule has 0 aliphatic carbocycles. The first-order valence-corrected chi connectivity index (χ1v) is 3.50. The largest absolute Gasteiger partial charge is 0.478 e. The summed E-state index contributed by atoms with van der Waals surface area (Å²) in [5.74, 6) is -1.03. The predicted octanol–water partition coefficient (Wildman–Crippen LogP) is 0.231. The van der Waals surface area contributed by atoms with Gasteiger partial charge in [-0.3, -0.25) is 4.21 Å². The molecule has 0 aromatic heterocycles. The van der Waals surface area contributed by atoms with Crippen molar-refractivity contribution in [1.82, 2.24) is 0 Å². The van der Waals surface area contributed by atoms with Gasteiger partial charge in [0.15, 0.2) is 0 Å². The zero-order valence-corrected chi connectivity index (χ0v) is 5.22. The minimum atomic E-state index is -1.20. The van der Waals surface area contributed by atoms with Crippen molar-refractivity contribution in [2.24, 2.45) is 0 Å². The summed E-state index contributed by atoms with van der Waals surface area (Å²) < 4.78 is 10.4. The lowest BCUT2D eigenvalue weighted by atomic mass is 10.3. The highest BCUT2D eigenvalue weighted by atomic mass is 32.2. The van der Waals surface area contributed by atoms with Gasteiger partial charge in [-0.1, -0.05) is 0 Å². The second kappa shape index (κ2) is 2.14. The number of carboxylic acids is 1. The molecule has 4 heteroatoms. The van der Waals surface area contributed by atoms with Crippen LogP contribution in [0, 0.1) is 0 Å². The molecule has 1 atom stereocenters. The van der Waals surface area contributed by atoms with Crippen molar-refractivity contribution < 1.29 is 14.1 Å². The average molecular weight is 144 g/mol. The van der Waals surface area contributed by atoms with Crippen molar-refractivity contribution in [2.45, 2.75) is 0 Å². The first-order valence-electron chi connectivity index (χ1n) is 2.23. The Kier molecular flexibility index (Phi) is 1.48. The molecule has 1 rings (SSSR count). The molecule has 48 valence electrons. The minimum Gasteiger partial charge on any atom is -0.478 e. The molecule has 1 N–H and O–H groups in total. The highest BCUT2D eigenvalue weighted by Crippen LogP contribution is 2.08. The Morgan fingerprint density at radius 2 is 2.33 bits per heavy atom. The van der Waals surface area contributed by atoms with Crippen LogP contribution in [0.25, 0.3) is 0 Å². The van der Waals surface area contributed by atoms with E-state index in [0.29, 0.717) is 0 Å². The summed E-state index contributed by atoms with van der Waals surface area (Å²) in [6.45, 7) is 0. The van der Waals surface area contributed by atoms with Gasteiger partial charge in [0.2, 0.25) is 0 Å². The fourth-order valence-corrected chi connectivity index (χ4v) is 1.25. The van der Waals surface area contributed by atoms with Gasteiger partial charge in [-0.05, 0) is 6.08 Å². The number of carbonyl (C=O) groups is 1. The van der Waals surface area contributed by atoms with Gasteiger partial charge < -0.3 is 5.11 Å². The Balaban J connectivity index is 2.88. The number of rotatable bonds is 1. The van der Waals surface area contributed by atoms with E-state index in [1.165, 1.54) is 16.9 Å². The van der Waals surface area contributed by atoms with Crippen LogP contribution in [0.3, 0.4) is 0 Å². The normalized spacial score (nSPS) is 24.0. The zero-order valence-electron chi connectivity index (χ0n) is 4.40. The molecule has 0 fully saturated rings. The molecule has 0 radical (unpaired) electrons. The van der Waals surface area contributed by atoms with Gasteiger partial charge in [-0.15, -0.1) is 0 Å². The summed E-state index contributed by atoms with van der Waals surface area (Å²) in [6, 6.07) is 0. The van der Waals surface area contributed by atoms with Gasteiger partial charge in [-0.25, -0.2) is 4.79 Å². The molecule has 1 unspecified atom stereocenters. The minimum absolute atomic E-state index is 0.105. The highest BCUT2D eigenvalue weighted by molar-refractivity contribution is 7.91. The summed E-state index contributed by atoms with van der Waals surface area (Å²) in [5.41, 5.74) is 0.105. The number of carboxylic acid groups (broad SMARTS) is 1. The van der Waals surface area contributed by atoms with E-state index >= 15 is 0 Å². The van der Waals surface area contributed by atoms with Crippen LogP contribution in [-0.4, -0.2) is 15.3 Å². The molecule has 0 aromatic carbocycles. The van der Waals surface area contributed by atoms with E-state index in [-0.39, 0.29) is 5.57 Å². The lowest BCUT2D eigenvalue weighted by Crippen LogP contribution is -1.94. The van der Waals surface area contributed by atoms with E-state index in [9.17, 15) is 9.00 Å². The first kappa shape index (κ1) is 6.22. The Hall–Kier alpha value is -0.900. The smallest absolute Gasteiger partial charge is 0.336 e. The summed E-state index contributed by atoms with van der Waals surface area (Å²) in [6.07, 6.45) is 1.33. The summed E-state index contributed by atoms with van der Waals surface area (Å²) in [5, 5.41) is 10.8. The molecule has 0 saturated heterocycles. The summed E-state index contributed by atoms with van der Waals surface area (Å²) in [7, 11) is -1.20. The van der Waals surface area contributed by atoms with Gasteiger partial charge in [0.25, 0.3) is 0 Å². The number of hydrogen-bond acceptors (Lipinski definition) is 2. The predicted molar refractivity (Wildman–Crippen MR) is 33.0 cm³/mol. The summed E-state index contributed by atoms with van der Waals surface area (Å²) >= 11 is 0. The van der Waals surface area contributed by atoms with E-state index in [4.69, 9.17) is 5.11 Å². The van der Waals surface area contributed by atoms with E-state index < -0.39 is 16.8 Å². The molecule has 3 nitrogen and oxygen atoms in total. The third-order valence-electron chi connectivity index (χ3n) is 0.872. The molecule has 9 heavy (non-hydrogen) atoms. The van der Waals surface area contributed by atoms with Gasteiger partial charge >= 0.3 is 5.97 Å². The van der Waals surface area contributed by atoms with Crippen molar-refractivity contribution in [3.05, 3.63) is 22.5 Å². The van der Waals surface area contributed by atoms with Crippen molar-refractivity contribution >= 4 is 16.8 Å². The van der Waals surface area contributed by atoms with E-state index in [2.05, 4.69) is 0 Å².